The van der Waals surface area contributed by atoms with Crippen molar-refractivity contribution in [3.05, 3.63) is 22.5 Å². The van der Waals surface area contributed by atoms with Gasteiger partial charge in [0.1, 0.15) is 5.69 Å². The van der Waals surface area contributed by atoms with Gasteiger partial charge in [0.05, 0.1) is 6.61 Å². The van der Waals surface area contributed by atoms with E-state index in [1.165, 1.54) is 5.56 Å². The van der Waals surface area contributed by atoms with E-state index in [1.54, 1.807) is 0 Å². The Morgan fingerprint density at radius 3 is 2.40 bits per heavy atom. The maximum Gasteiger partial charge on any atom is 0.355 e. The maximum atomic E-state index is 11.6. The van der Waals surface area contributed by atoms with E-state index < -0.39 is 0 Å². The van der Waals surface area contributed by atoms with Gasteiger partial charge in [0, 0.05) is 5.69 Å². The van der Waals surface area contributed by atoms with Gasteiger partial charge in [-0.15, -0.1) is 0 Å². The fourth-order valence-electron chi connectivity index (χ4n) is 2.04. The zero-order chi connectivity index (χ0) is 11.6. The molecule has 1 rings (SSSR count). The Morgan fingerprint density at radius 1 is 1.40 bits per heavy atom. The maximum absolute atomic E-state index is 11.6. The smallest absolute Gasteiger partial charge is 0.355 e. The summed E-state index contributed by atoms with van der Waals surface area (Å²) in [5, 5.41) is 0. The van der Waals surface area contributed by atoms with E-state index in [2.05, 4.69) is 18.8 Å². The molecule has 0 radical (unpaired) electrons. The molecule has 0 saturated heterocycles. The normalized spacial score (nSPS) is 10.8. The second kappa shape index (κ2) is 4.51. The second-order valence-electron chi connectivity index (χ2n) is 4.04. The molecule has 0 atom stereocenters. The number of aryl methyl sites for hydroxylation is 1. The van der Waals surface area contributed by atoms with Crippen molar-refractivity contribution in [2.45, 2.75) is 40.5 Å². The van der Waals surface area contributed by atoms with Gasteiger partial charge < -0.3 is 9.72 Å². The number of ether oxygens (including phenoxy) is 1. The van der Waals surface area contributed by atoms with Crippen LogP contribution in [0.3, 0.4) is 0 Å². The number of hydrogen-bond acceptors (Lipinski definition) is 2. The molecule has 84 valence electrons. The van der Waals surface area contributed by atoms with Crippen LogP contribution in [0.5, 0.6) is 0 Å². The first-order chi connectivity index (χ1) is 6.99. The van der Waals surface area contributed by atoms with Crippen molar-refractivity contribution < 1.29 is 9.53 Å². The van der Waals surface area contributed by atoms with Crippen molar-refractivity contribution in [2.75, 3.05) is 6.61 Å². The van der Waals surface area contributed by atoms with Crippen LogP contribution in [-0.4, -0.2) is 17.6 Å². The molecule has 0 aromatic carbocycles. The minimum atomic E-state index is -0.259. The lowest BCUT2D eigenvalue weighted by Crippen LogP contribution is -2.06. The minimum absolute atomic E-state index is 0.259. The molecule has 0 fully saturated rings. The number of rotatable bonds is 3. The van der Waals surface area contributed by atoms with Crippen molar-refractivity contribution >= 4 is 5.97 Å². The van der Waals surface area contributed by atoms with E-state index in [1.807, 2.05) is 20.8 Å². The van der Waals surface area contributed by atoms with Crippen LogP contribution in [0.4, 0.5) is 0 Å². The van der Waals surface area contributed by atoms with E-state index in [4.69, 9.17) is 4.74 Å². The summed E-state index contributed by atoms with van der Waals surface area (Å²) in [6.07, 6.45) is 0. The van der Waals surface area contributed by atoms with Gasteiger partial charge >= 0.3 is 5.97 Å². The van der Waals surface area contributed by atoms with Gasteiger partial charge in [0.15, 0.2) is 0 Å². The molecular weight excluding hydrogens is 190 g/mol. The molecule has 0 aliphatic rings. The SMILES string of the molecule is CCOC(=O)c1[nH]c(C)c(C(C)C)c1C. The monoisotopic (exact) mass is 209 g/mol. The molecule has 15 heavy (non-hydrogen) atoms. The molecule has 1 heterocycles. The lowest BCUT2D eigenvalue weighted by Gasteiger charge is -2.05. The average molecular weight is 209 g/mol. The third kappa shape index (κ3) is 2.22. The Labute approximate surface area is 90.8 Å². The van der Waals surface area contributed by atoms with Gasteiger partial charge in [-0.25, -0.2) is 4.79 Å². The van der Waals surface area contributed by atoms with Crippen LogP contribution in [0.1, 0.15) is 54.0 Å². The number of hydrogen-bond donors (Lipinski definition) is 1. The molecule has 0 unspecified atom stereocenters. The van der Waals surface area contributed by atoms with Crippen LogP contribution in [0.15, 0.2) is 0 Å². The highest BCUT2D eigenvalue weighted by molar-refractivity contribution is 5.89. The number of aromatic amines is 1. The average Bonchev–Trinajstić information content (AvgIpc) is 2.42. The lowest BCUT2D eigenvalue weighted by molar-refractivity contribution is 0.0519. The van der Waals surface area contributed by atoms with E-state index >= 15 is 0 Å². The summed E-state index contributed by atoms with van der Waals surface area (Å²) in [6, 6.07) is 0. The van der Waals surface area contributed by atoms with E-state index in [9.17, 15) is 4.79 Å². The number of carbonyl (C=O) groups is 1. The van der Waals surface area contributed by atoms with Crippen molar-refractivity contribution in [3.8, 4) is 0 Å². The van der Waals surface area contributed by atoms with E-state index in [0.717, 1.165) is 11.3 Å². The van der Waals surface area contributed by atoms with Gasteiger partial charge in [-0.2, -0.15) is 0 Å². The van der Waals surface area contributed by atoms with Gasteiger partial charge in [-0.05, 0) is 37.8 Å². The van der Waals surface area contributed by atoms with E-state index in [0.29, 0.717) is 18.2 Å². The first-order valence-electron chi connectivity index (χ1n) is 5.35. The Morgan fingerprint density at radius 2 is 2.00 bits per heavy atom. The number of carbonyl (C=O) groups excluding carboxylic acids is 1. The fraction of sp³-hybridized carbons (Fsp3) is 0.583. The van der Waals surface area contributed by atoms with Crippen LogP contribution in [0, 0.1) is 13.8 Å². The van der Waals surface area contributed by atoms with Gasteiger partial charge in [-0.3, -0.25) is 0 Å². The first kappa shape index (κ1) is 11.8. The summed E-state index contributed by atoms with van der Waals surface area (Å²) in [4.78, 5) is 14.7. The summed E-state index contributed by atoms with van der Waals surface area (Å²) >= 11 is 0. The topological polar surface area (TPSA) is 42.1 Å². The Kier molecular flexibility index (Phi) is 3.56. The molecule has 1 aromatic heterocycles. The molecule has 3 nitrogen and oxygen atoms in total. The van der Waals surface area contributed by atoms with Gasteiger partial charge in [-0.1, -0.05) is 13.8 Å². The highest BCUT2D eigenvalue weighted by Crippen LogP contribution is 2.25. The van der Waals surface area contributed by atoms with Gasteiger partial charge in [0.25, 0.3) is 0 Å². The summed E-state index contributed by atoms with van der Waals surface area (Å²) in [5.74, 6) is 0.162. The molecule has 0 bridgehead atoms. The van der Waals surface area contributed by atoms with Crippen LogP contribution in [0.25, 0.3) is 0 Å². The molecule has 0 aliphatic heterocycles. The van der Waals surface area contributed by atoms with Crippen molar-refractivity contribution in [3.63, 3.8) is 0 Å². The molecule has 0 aliphatic carbocycles. The number of aromatic nitrogens is 1. The van der Waals surface area contributed by atoms with Crippen LogP contribution in [0.2, 0.25) is 0 Å². The summed E-state index contributed by atoms with van der Waals surface area (Å²) in [7, 11) is 0. The molecule has 1 N–H and O–H groups in total. The molecule has 0 saturated carbocycles. The Balaban J connectivity index is 3.12. The third-order valence-corrected chi connectivity index (χ3v) is 2.55. The molecular formula is C12H19NO2. The Hall–Kier alpha value is -1.25. The molecule has 0 spiro atoms. The van der Waals surface area contributed by atoms with Crippen LogP contribution >= 0.6 is 0 Å². The molecule has 1 aromatic rings. The van der Waals surface area contributed by atoms with Crippen LogP contribution in [-0.2, 0) is 4.74 Å². The fourth-order valence-corrected chi connectivity index (χ4v) is 2.04. The lowest BCUT2D eigenvalue weighted by atomic mass is 9.99. The largest absolute Gasteiger partial charge is 0.461 e. The summed E-state index contributed by atoms with van der Waals surface area (Å²) < 4.78 is 4.99. The number of esters is 1. The highest BCUT2D eigenvalue weighted by atomic mass is 16.5. The van der Waals surface area contributed by atoms with Crippen molar-refractivity contribution in [2.24, 2.45) is 0 Å². The van der Waals surface area contributed by atoms with Crippen LogP contribution < -0.4 is 0 Å². The van der Waals surface area contributed by atoms with Gasteiger partial charge in [0.2, 0.25) is 0 Å². The van der Waals surface area contributed by atoms with E-state index in [-0.39, 0.29) is 5.97 Å². The predicted octanol–water partition coefficient (Wildman–Crippen LogP) is 2.93. The third-order valence-electron chi connectivity index (χ3n) is 2.55. The minimum Gasteiger partial charge on any atom is -0.461 e. The highest BCUT2D eigenvalue weighted by Gasteiger charge is 2.19. The van der Waals surface area contributed by atoms with Crippen molar-refractivity contribution in [1.29, 1.82) is 0 Å². The number of nitrogens with one attached hydrogen (secondary N) is 1. The Bertz CT molecular complexity index is 364. The zero-order valence-electron chi connectivity index (χ0n) is 10.1. The first-order valence-corrected chi connectivity index (χ1v) is 5.35. The predicted molar refractivity (Wildman–Crippen MR) is 60.3 cm³/mol. The summed E-state index contributed by atoms with van der Waals surface area (Å²) in [5.41, 5.74) is 3.89. The zero-order valence-corrected chi connectivity index (χ0v) is 10.1. The quantitative estimate of drug-likeness (QED) is 0.778. The molecule has 0 amide bonds. The summed E-state index contributed by atoms with van der Waals surface area (Å²) in [6.45, 7) is 10.4. The number of H-pyrrole nitrogens is 1. The second-order valence-corrected chi connectivity index (χ2v) is 4.04. The molecule has 3 heteroatoms. The standard InChI is InChI=1S/C12H19NO2/c1-6-15-12(14)11-8(4)10(7(2)3)9(5)13-11/h7,13H,6H2,1-5H3. The van der Waals surface area contributed by atoms with Crippen molar-refractivity contribution in [1.82, 2.24) is 4.98 Å².